The van der Waals surface area contributed by atoms with Crippen LogP contribution in [0.15, 0.2) is 18.2 Å². The third-order valence-electron chi connectivity index (χ3n) is 2.26. The Hall–Kier alpha value is -0.830. The second-order valence-electron chi connectivity index (χ2n) is 3.19. The van der Waals surface area contributed by atoms with E-state index in [4.69, 9.17) is 5.11 Å². The molecule has 0 amide bonds. The quantitative estimate of drug-likeness (QED) is 0.842. The summed E-state index contributed by atoms with van der Waals surface area (Å²) in [6.45, 7) is 1.87. The minimum atomic E-state index is -0.844. The Balaban J connectivity index is 2.95. The fourth-order valence-corrected chi connectivity index (χ4v) is 1.72. The summed E-state index contributed by atoms with van der Waals surface area (Å²) < 4.78 is 0. The molecular formula is C11H13BrO2. The largest absolute Gasteiger partial charge is 0.478 e. The van der Waals surface area contributed by atoms with E-state index in [-0.39, 0.29) is 0 Å². The minimum Gasteiger partial charge on any atom is -0.478 e. The van der Waals surface area contributed by atoms with E-state index in [9.17, 15) is 4.79 Å². The molecule has 3 heteroatoms. The molecule has 0 saturated carbocycles. The molecule has 1 aromatic rings. The first-order chi connectivity index (χ1) is 6.66. The van der Waals surface area contributed by atoms with Gasteiger partial charge in [0.25, 0.3) is 0 Å². The lowest BCUT2D eigenvalue weighted by Gasteiger charge is -2.07. The van der Waals surface area contributed by atoms with Gasteiger partial charge in [-0.2, -0.15) is 0 Å². The van der Waals surface area contributed by atoms with E-state index in [1.807, 2.05) is 13.0 Å². The first-order valence-corrected chi connectivity index (χ1v) is 5.66. The maximum absolute atomic E-state index is 10.8. The molecule has 0 spiro atoms. The molecule has 0 aromatic heterocycles. The summed E-state index contributed by atoms with van der Waals surface area (Å²) in [7, 11) is 0. The predicted molar refractivity (Wildman–Crippen MR) is 60.3 cm³/mol. The van der Waals surface area contributed by atoms with Gasteiger partial charge in [-0.1, -0.05) is 28.1 Å². The van der Waals surface area contributed by atoms with E-state index >= 15 is 0 Å². The Labute approximate surface area is 92.1 Å². The number of rotatable bonds is 4. The van der Waals surface area contributed by atoms with Crippen LogP contribution < -0.4 is 0 Å². The van der Waals surface area contributed by atoms with Gasteiger partial charge in [-0.3, -0.25) is 0 Å². The van der Waals surface area contributed by atoms with Gasteiger partial charge in [0.2, 0.25) is 0 Å². The molecule has 0 heterocycles. The van der Waals surface area contributed by atoms with Crippen LogP contribution >= 0.6 is 15.9 Å². The van der Waals surface area contributed by atoms with Gasteiger partial charge in [0.05, 0.1) is 5.56 Å². The van der Waals surface area contributed by atoms with Gasteiger partial charge in [-0.15, -0.1) is 0 Å². The highest BCUT2D eigenvalue weighted by Gasteiger charge is 2.08. The Morgan fingerprint density at radius 2 is 2.21 bits per heavy atom. The minimum absolute atomic E-state index is 0.414. The van der Waals surface area contributed by atoms with Crippen LogP contribution in [0, 0.1) is 6.92 Å². The number of aryl methyl sites for hydroxylation is 1. The molecule has 1 rings (SSSR count). The Morgan fingerprint density at radius 1 is 1.50 bits per heavy atom. The van der Waals surface area contributed by atoms with Crippen molar-refractivity contribution in [3.8, 4) is 0 Å². The van der Waals surface area contributed by atoms with Gasteiger partial charge in [0, 0.05) is 5.33 Å². The summed E-state index contributed by atoms with van der Waals surface area (Å²) in [5.74, 6) is -0.844. The van der Waals surface area contributed by atoms with Crippen molar-refractivity contribution in [1.82, 2.24) is 0 Å². The summed E-state index contributed by atoms with van der Waals surface area (Å²) in [4.78, 5) is 10.8. The molecule has 0 aliphatic rings. The number of hydrogen-bond donors (Lipinski definition) is 1. The van der Waals surface area contributed by atoms with Crippen LogP contribution in [0.3, 0.4) is 0 Å². The first-order valence-electron chi connectivity index (χ1n) is 4.54. The van der Waals surface area contributed by atoms with Crippen LogP contribution in [-0.4, -0.2) is 16.4 Å². The molecule has 0 unspecified atom stereocenters. The van der Waals surface area contributed by atoms with E-state index in [0.29, 0.717) is 5.56 Å². The standard InChI is InChI=1S/C11H13BrO2/c1-8-9(5-3-7-12)4-2-6-10(8)11(13)14/h2,4,6H,3,5,7H2,1H3,(H,13,14). The number of carboxylic acids is 1. The van der Waals surface area contributed by atoms with Crippen molar-refractivity contribution in [2.24, 2.45) is 0 Å². The van der Waals surface area contributed by atoms with Gasteiger partial charge in [-0.05, 0) is 37.0 Å². The lowest BCUT2D eigenvalue weighted by Crippen LogP contribution is -2.02. The molecule has 0 radical (unpaired) electrons. The van der Waals surface area contributed by atoms with Crippen LogP contribution in [0.2, 0.25) is 0 Å². The molecule has 14 heavy (non-hydrogen) atoms. The number of benzene rings is 1. The van der Waals surface area contributed by atoms with Crippen molar-refractivity contribution in [2.45, 2.75) is 19.8 Å². The van der Waals surface area contributed by atoms with Gasteiger partial charge < -0.3 is 5.11 Å². The Bertz CT molecular complexity index is 334. The fraction of sp³-hybridized carbons (Fsp3) is 0.364. The molecule has 0 aliphatic carbocycles. The number of aromatic carboxylic acids is 1. The molecule has 0 saturated heterocycles. The lowest BCUT2D eigenvalue weighted by atomic mass is 9.99. The highest BCUT2D eigenvalue weighted by molar-refractivity contribution is 9.09. The number of carbonyl (C=O) groups is 1. The molecule has 0 bridgehead atoms. The number of carboxylic acid groups (broad SMARTS) is 1. The molecular weight excluding hydrogens is 244 g/mol. The van der Waals surface area contributed by atoms with Crippen LogP contribution in [0.5, 0.6) is 0 Å². The molecule has 76 valence electrons. The maximum Gasteiger partial charge on any atom is 0.335 e. The second-order valence-corrected chi connectivity index (χ2v) is 3.98. The smallest absolute Gasteiger partial charge is 0.335 e. The zero-order valence-electron chi connectivity index (χ0n) is 8.09. The molecule has 0 aliphatic heterocycles. The topological polar surface area (TPSA) is 37.3 Å². The number of halogens is 1. The van der Waals surface area contributed by atoms with E-state index in [2.05, 4.69) is 15.9 Å². The number of hydrogen-bond acceptors (Lipinski definition) is 1. The van der Waals surface area contributed by atoms with Crippen LogP contribution in [0.1, 0.15) is 27.9 Å². The summed E-state index contributed by atoms with van der Waals surface area (Å²) in [6, 6.07) is 5.44. The monoisotopic (exact) mass is 256 g/mol. The normalized spacial score (nSPS) is 10.1. The molecule has 1 aromatic carbocycles. The number of alkyl halides is 1. The average Bonchev–Trinajstić information content (AvgIpc) is 2.16. The predicted octanol–water partition coefficient (Wildman–Crippen LogP) is 3.02. The van der Waals surface area contributed by atoms with E-state index in [0.717, 1.165) is 29.3 Å². The molecule has 0 fully saturated rings. The summed E-state index contributed by atoms with van der Waals surface area (Å²) in [6.07, 6.45) is 1.96. The zero-order valence-corrected chi connectivity index (χ0v) is 9.67. The van der Waals surface area contributed by atoms with Crippen molar-refractivity contribution in [1.29, 1.82) is 0 Å². The third kappa shape index (κ3) is 2.58. The fourth-order valence-electron chi connectivity index (χ4n) is 1.44. The van der Waals surface area contributed by atoms with Gasteiger partial charge in [-0.25, -0.2) is 4.79 Å². The first kappa shape index (κ1) is 11.2. The Kier molecular flexibility index (Phi) is 4.14. The molecule has 1 N–H and O–H groups in total. The van der Waals surface area contributed by atoms with Gasteiger partial charge >= 0.3 is 5.97 Å². The van der Waals surface area contributed by atoms with Crippen molar-refractivity contribution in [3.05, 3.63) is 34.9 Å². The highest BCUT2D eigenvalue weighted by atomic mass is 79.9. The van der Waals surface area contributed by atoms with E-state index in [1.165, 1.54) is 0 Å². The lowest BCUT2D eigenvalue weighted by molar-refractivity contribution is 0.0696. The maximum atomic E-state index is 10.8. The Morgan fingerprint density at radius 3 is 2.79 bits per heavy atom. The van der Waals surface area contributed by atoms with Gasteiger partial charge in [0.1, 0.15) is 0 Å². The molecule has 2 nitrogen and oxygen atoms in total. The SMILES string of the molecule is Cc1c(CCCBr)cccc1C(=O)O. The van der Waals surface area contributed by atoms with E-state index < -0.39 is 5.97 Å². The summed E-state index contributed by atoms with van der Waals surface area (Å²) >= 11 is 3.36. The van der Waals surface area contributed by atoms with Crippen LogP contribution in [0.4, 0.5) is 0 Å². The van der Waals surface area contributed by atoms with Crippen LogP contribution in [0.25, 0.3) is 0 Å². The van der Waals surface area contributed by atoms with Gasteiger partial charge in [0.15, 0.2) is 0 Å². The zero-order chi connectivity index (χ0) is 10.6. The van der Waals surface area contributed by atoms with E-state index in [1.54, 1.807) is 12.1 Å². The third-order valence-corrected chi connectivity index (χ3v) is 2.82. The highest BCUT2D eigenvalue weighted by Crippen LogP contribution is 2.15. The summed E-state index contributed by atoms with van der Waals surface area (Å²) in [5, 5.41) is 9.85. The van der Waals surface area contributed by atoms with Crippen molar-refractivity contribution in [2.75, 3.05) is 5.33 Å². The van der Waals surface area contributed by atoms with Crippen molar-refractivity contribution in [3.63, 3.8) is 0 Å². The van der Waals surface area contributed by atoms with Crippen LogP contribution in [-0.2, 0) is 6.42 Å². The summed E-state index contributed by atoms with van der Waals surface area (Å²) in [5.41, 5.74) is 2.43. The molecule has 0 atom stereocenters. The van der Waals surface area contributed by atoms with Crippen molar-refractivity contribution >= 4 is 21.9 Å². The average molecular weight is 257 g/mol. The van der Waals surface area contributed by atoms with Crippen molar-refractivity contribution < 1.29 is 9.90 Å². The second kappa shape index (κ2) is 5.15.